The fourth-order valence-electron chi connectivity index (χ4n) is 16.5. The summed E-state index contributed by atoms with van der Waals surface area (Å²) in [4.78, 5) is 212. The molecule has 6 aliphatic rings. The van der Waals surface area contributed by atoms with Crippen LogP contribution in [0, 0.1) is 27.7 Å². The van der Waals surface area contributed by atoms with Gasteiger partial charge in [0.05, 0.1) is 124 Å². The number of methoxy groups -OCH3 is 5. The lowest BCUT2D eigenvalue weighted by molar-refractivity contribution is -0.223. The second-order valence-corrected chi connectivity index (χ2v) is 46.9. The summed E-state index contributed by atoms with van der Waals surface area (Å²) in [7, 11) is 6.66. The normalized spacial score (nSPS) is 29.1. The molecule has 28 atom stereocenters. The second-order valence-electron chi connectivity index (χ2n) is 33.4. The number of nitrogens with two attached hydrogens (primary N) is 3. The standard InChI is InChI=1S/C76H110N19O41P5S5/c1-11-38-39(22-45(126-38)90-24-35(3)61(97)87-74(90)103)132-137(106,142)122-28-41-49(54(117-18-13-112-7)67(128-41)92-25-36(4)62(98)88-75(92)104)134-139(108,144)124-30-43-52(57(120-21-16-115-10)70(130-43)95-33-81-47-60(95)84-72(79)86-65(47)101)136-141(110,146)125-31-44-51(56(119-20-15-114-9)69(131-44)94-32-80-46-59(94)83-71(78)85-64(46)100)135-140(109,145)123-29-42-50(55(118-19-14-113-8)68(129-42)93-26-37(5)63(99)89-76(93)105)133-138(107,143)121-27-40-48(96)53(116-17-12-111-6)66(127-40)91-23-34(2)58(77)82-73(91)102/h23-26,32-33,38-45,48-57,66-70,96H,11-22,27-31H2,1-10H3,(H,106,142)(H,107,143)(H,108,144)(H,109,145)(H,110,146)(H2,77,82,102)(H,87,97,103)(H,88,98,104)(H,89,99,105)(H3,78,83,85,100)(H3,79,84,86,101)/p-5/t38-,39?,40-,41-,42-,43-,44-,45-,48?,49?,50?,51?,52?,53+,54+,55+,56+,57+,66-,67-,68-,69-,70-,137?,138?,139?,140?,141?/m1/s1. The van der Waals surface area contributed by atoms with E-state index in [1.807, 2.05) is 0 Å². The van der Waals surface area contributed by atoms with Crippen molar-refractivity contribution in [3.05, 3.63) is 153 Å². The van der Waals surface area contributed by atoms with E-state index in [-0.39, 0.29) is 124 Å². The number of hydrogen-bond acceptors (Lipinski definition) is 54. The van der Waals surface area contributed by atoms with Gasteiger partial charge in [0.2, 0.25) is 11.9 Å². The molecule has 6 aliphatic heterocycles. The number of nitrogen functional groups attached to an aromatic ring is 3. The van der Waals surface area contributed by atoms with Gasteiger partial charge in [-0.2, -0.15) is 15.0 Å². The molecule has 0 saturated carbocycles. The number of aryl methyl sites for hydroxylation is 4. The largest absolute Gasteiger partial charge is 0.780 e. The van der Waals surface area contributed by atoms with E-state index in [0.717, 1.165) is 52.5 Å². The summed E-state index contributed by atoms with van der Waals surface area (Å²) in [5.41, 5.74) is 9.57. The van der Waals surface area contributed by atoms with Crippen LogP contribution >= 0.6 is 33.7 Å². The number of rotatable bonds is 52. The van der Waals surface area contributed by atoms with Crippen LogP contribution < -0.4 is 87.3 Å². The van der Waals surface area contributed by atoms with Crippen LogP contribution in [-0.4, -0.2) is 321 Å². The Morgan fingerprint density at radius 2 is 0.726 bits per heavy atom. The Morgan fingerprint density at radius 1 is 0.404 bits per heavy atom. The van der Waals surface area contributed by atoms with Crippen molar-refractivity contribution in [2.24, 2.45) is 0 Å². The van der Waals surface area contributed by atoms with Crippen molar-refractivity contribution in [1.29, 1.82) is 0 Å². The Balaban J connectivity index is 0.770. The number of aliphatic hydroxyl groups excluding tert-OH is 1. The highest BCUT2D eigenvalue weighted by molar-refractivity contribution is 8.32. The Kier molecular flexibility index (Phi) is 38.7. The summed E-state index contributed by atoms with van der Waals surface area (Å²) in [6, 6.07) is 0. The first kappa shape index (κ1) is 115. The molecule has 0 radical (unpaired) electrons. The molecule has 0 amide bonds. The van der Waals surface area contributed by atoms with Crippen LogP contribution in [0.3, 0.4) is 0 Å². The van der Waals surface area contributed by atoms with Crippen LogP contribution in [0.4, 0.5) is 17.7 Å². The molecule has 60 nitrogen and oxygen atoms in total. The maximum absolute atomic E-state index is 15.8. The summed E-state index contributed by atoms with van der Waals surface area (Å²) >= 11 is 28.2. The zero-order chi connectivity index (χ0) is 106. The monoisotopic (exact) mass is 2250 g/mol. The van der Waals surface area contributed by atoms with E-state index in [9.17, 15) is 58.0 Å². The lowest BCUT2D eigenvalue weighted by Gasteiger charge is -2.38. The molecule has 0 aromatic carbocycles. The molecule has 11 unspecified atom stereocenters. The van der Waals surface area contributed by atoms with Crippen molar-refractivity contribution in [3.63, 3.8) is 0 Å². The molecule has 12 N–H and O–H groups in total. The van der Waals surface area contributed by atoms with E-state index in [1.54, 1.807) is 13.8 Å². The number of ether oxygens (including phenoxy) is 16. The van der Waals surface area contributed by atoms with Crippen LogP contribution in [-0.2, 0) is 185 Å². The first-order chi connectivity index (χ1) is 69.3. The van der Waals surface area contributed by atoms with Crippen LogP contribution in [0.2, 0.25) is 0 Å². The number of aromatic amines is 5. The first-order valence-electron chi connectivity index (χ1n) is 44.4. The lowest BCUT2D eigenvalue weighted by Crippen LogP contribution is -2.42. The van der Waals surface area contributed by atoms with Crippen LogP contribution in [0.25, 0.3) is 22.3 Å². The molecule has 8 aromatic heterocycles. The zero-order valence-corrected chi connectivity index (χ0v) is 87.5. The van der Waals surface area contributed by atoms with E-state index in [0.29, 0.717) is 5.56 Å². The van der Waals surface area contributed by atoms with Crippen LogP contribution in [0.5, 0.6) is 0 Å². The van der Waals surface area contributed by atoms with Gasteiger partial charge < -0.3 is 175 Å². The summed E-state index contributed by atoms with van der Waals surface area (Å²) in [6.45, 7) is -25.8. The predicted molar refractivity (Wildman–Crippen MR) is 510 cm³/mol. The third-order valence-electron chi connectivity index (χ3n) is 23.5. The van der Waals surface area contributed by atoms with Crippen molar-refractivity contribution < 1.29 is 150 Å². The van der Waals surface area contributed by atoms with Gasteiger partial charge in [0.25, 0.3) is 27.8 Å². The SMILES string of the molecule is CC[C@H]1O[C@@H](n2cc(C)c(=O)[nH]c2=O)CC1OP([O-])(=S)OC[C@H]1O[C@@H](n2cc(C)c(=O)[nH]c2=O)[C@@H](OCCOC)C1OP(=O)([S-])OC[C@H]1O[C@@H](n2cnc3c(=O)[nH]c(N)nc32)[C@@H](OCCOC)C1OP([O-])(=S)OC[C@H]1O[C@@H](n2cnc3c(=O)[nH]c(N)nc32)[C@@H](OCCOC)C1OP([O-])(=S)OC[C@H]1O[C@@H](n2cc(C)c(=O)[nH]c2=O)[C@@H](OCCOC)C1OP([O-])(=S)OC[C@H]1O[C@@H](n2cc(C)c(N)nc2=O)[C@@H](OCCOC)C1O. The van der Waals surface area contributed by atoms with Crippen molar-refractivity contribution in [3.8, 4) is 0 Å². The smallest absolute Gasteiger partial charge is 0.351 e. The molecule has 6 saturated heterocycles. The molecule has 14 heterocycles. The van der Waals surface area contributed by atoms with Crippen molar-refractivity contribution >= 4 is 133 Å². The quantitative estimate of drug-likeness (QED) is 0.00978. The Labute approximate surface area is 849 Å². The van der Waals surface area contributed by atoms with Crippen molar-refractivity contribution in [2.45, 2.75) is 189 Å². The highest BCUT2D eigenvalue weighted by Gasteiger charge is 2.56. The van der Waals surface area contributed by atoms with Gasteiger partial charge in [-0.15, -0.1) is 0 Å². The van der Waals surface area contributed by atoms with E-state index < -0.39 is 270 Å². The third-order valence-corrected chi connectivity index (χ3v) is 31.2. The molecule has 70 heteroatoms. The summed E-state index contributed by atoms with van der Waals surface area (Å²) in [6.07, 6.45) is -30.5. The van der Waals surface area contributed by atoms with Crippen molar-refractivity contribution in [2.75, 3.05) is 152 Å². The molecule has 0 spiro atoms. The van der Waals surface area contributed by atoms with Crippen molar-refractivity contribution in [1.82, 2.24) is 77.2 Å². The Morgan fingerprint density at radius 3 is 1.11 bits per heavy atom. The van der Waals surface area contributed by atoms with E-state index >= 15 is 14.4 Å². The molecule has 8 aromatic rings. The average molecular weight is 2260 g/mol. The molecule has 0 bridgehead atoms. The first-order valence-corrected chi connectivity index (χ1v) is 57.2. The maximum atomic E-state index is 15.8. The summed E-state index contributed by atoms with van der Waals surface area (Å²) in [5, 5.41) is 11.8. The van der Waals surface area contributed by atoms with Gasteiger partial charge in [0.15, 0.2) is 60.3 Å². The van der Waals surface area contributed by atoms with E-state index in [2.05, 4.69) is 49.8 Å². The average Bonchev–Trinajstić information content (AvgIpc) is 1.60. The number of aliphatic hydroxyl groups is 1. The minimum absolute atomic E-state index is 0.0151. The number of imidazole rings is 2. The molecule has 146 heavy (non-hydrogen) atoms. The fraction of sp³-hybridized carbons (Fsp3) is 0.658. The number of nitrogens with one attached hydrogen (secondary N) is 5. The number of nitrogens with zero attached hydrogens (tertiary/aromatic N) is 11. The maximum Gasteiger partial charge on any atom is 0.351 e. The number of hydrogen-bond donors (Lipinski definition) is 9. The van der Waals surface area contributed by atoms with Gasteiger partial charge in [-0.1, -0.05) is 54.2 Å². The Hall–Kier alpha value is -7.04. The predicted octanol–water partition coefficient (Wildman–Crippen LogP) is -5.15. The second kappa shape index (κ2) is 49.4. The highest BCUT2D eigenvalue weighted by atomic mass is 32.7. The number of aromatic nitrogens is 16. The Bertz CT molecular complexity index is 6780. The minimum atomic E-state index is -5.39. The molecular formula is C76H105N19O41P5S5-5. The molecule has 14 rings (SSSR count). The molecule has 6 fully saturated rings. The van der Waals surface area contributed by atoms with E-state index in [4.69, 9.17) is 198 Å². The zero-order valence-electron chi connectivity index (χ0n) is 79.0. The van der Waals surface area contributed by atoms with Crippen LogP contribution in [0.1, 0.15) is 79.4 Å². The molecular weight excluding hydrogens is 2150 g/mol. The third kappa shape index (κ3) is 27.2. The fourth-order valence-corrected chi connectivity index (χ4v) is 23.7. The number of H-pyrrole nitrogens is 5. The van der Waals surface area contributed by atoms with Gasteiger partial charge >= 0.3 is 22.8 Å². The topological polar surface area (TPSA) is 774 Å². The molecule has 0 aliphatic carbocycles. The van der Waals surface area contributed by atoms with Gasteiger partial charge in [0.1, 0.15) is 130 Å². The van der Waals surface area contributed by atoms with Gasteiger partial charge in [-0.05, 0) is 34.1 Å². The summed E-state index contributed by atoms with van der Waals surface area (Å²) < 4.78 is 179. The number of fused-ring (bicyclic) bond motifs is 2. The van der Waals surface area contributed by atoms with Gasteiger partial charge in [-0.3, -0.25) is 80.9 Å². The molecule has 810 valence electrons. The van der Waals surface area contributed by atoms with E-state index in [1.165, 1.54) is 68.7 Å². The lowest BCUT2D eigenvalue weighted by atomic mass is 10.1. The summed E-state index contributed by atoms with van der Waals surface area (Å²) in [5.74, 6) is -0.962. The van der Waals surface area contributed by atoms with Gasteiger partial charge in [0, 0.05) is 89.0 Å². The van der Waals surface area contributed by atoms with Gasteiger partial charge in [-0.25, -0.2) is 29.1 Å². The number of anilines is 3. The highest BCUT2D eigenvalue weighted by Crippen LogP contribution is 2.57. The minimum Gasteiger partial charge on any atom is -0.780 e. The van der Waals surface area contributed by atoms with Crippen LogP contribution in [0.15, 0.2) is 80.6 Å².